The van der Waals surface area contributed by atoms with Gasteiger partial charge in [0.25, 0.3) is 5.91 Å². The van der Waals surface area contributed by atoms with Gasteiger partial charge in [-0.1, -0.05) is 59.9 Å². The van der Waals surface area contributed by atoms with Gasteiger partial charge in [0.1, 0.15) is 16.6 Å². The van der Waals surface area contributed by atoms with Gasteiger partial charge >= 0.3 is 0 Å². The zero-order chi connectivity index (χ0) is 19.4. The molecule has 0 unspecified atom stereocenters. The summed E-state index contributed by atoms with van der Waals surface area (Å²) in [6, 6.07) is 14.9. The number of para-hydroxylation sites is 1. The van der Waals surface area contributed by atoms with Crippen LogP contribution < -0.4 is 10.1 Å². The van der Waals surface area contributed by atoms with E-state index in [9.17, 15) is 9.59 Å². The molecule has 2 aromatic carbocycles. The maximum Gasteiger partial charge on any atom is 0.266 e. The molecule has 1 saturated heterocycles. The average Bonchev–Trinajstić information content (AvgIpc) is 2.91. The van der Waals surface area contributed by atoms with Crippen LogP contribution in [-0.2, 0) is 9.59 Å². The number of anilines is 1. The zero-order valence-corrected chi connectivity index (χ0v) is 16.5. The molecule has 0 spiro atoms. The molecule has 0 aromatic heterocycles. The summed E-state index contributed by atoms with van der Waals surface area (Å²) >= 11 is 6.47. The van der Waals surface area contributed by atoms with Crippen LogP contribution in [0.1, 0.15) is 11.1 Å². The number of aryl methyl sites for hydroxylation is 1. The molecule has 1 aliphatic heterocycles. The normalized spacial score (nSPS) is 15.3. The summed E-state index contributed by atoms with van der Waals surface area (Å²) in [4.78, 5) is 26.8. The summed E-state index contributed by atoms with van der Waals surface area (Å²) in [5.74, 6) is 0.0866. The van der Waals surface area contributed by atoms with Crippen molar-refractivity contribution in [2.75, 3.05) is 19.0 Å². The van der Waals surface area contributed by atoms with Crippen molar-refractivity contribution in [1.29, 1.82) is 0 Å². The number of carbonyl (C=O) groups excluding carboxylic acids is 2. The van der Waals surface area contributed by atoms with Gasteiger partial charge < -0.3 is 10.1 Å². The van der Waals surface area contributed by atoms with Crippen LogP contribution in [0.3, 0.4) is 0 Å². The Hall–Kier alpha value is -2.64. The number of thiocarbonyl (C=S) groups is 1. The van der Waals surface area contributed by atoms with Crippen molar-refractivity contribution < 1.29 is 14.3 Å². The van der Waals surface area contributed by atoms with Crippen LogP contribution >= 0.6 is 24.0 Å². The summed E-state index contributed by atoms with van der Waals surface area (Å²) in [7, 11) is 1.58. The van der Waals surface area contributed by atoms with Gasteiger partial charge in [-0.2, -0.15) is 0 Å². The highest BCUT2D eigenvalue weighted by Gasteiger charge is 2.33. The fourth-order valence-electron chi connectivity index (χ4n) is 2.54. The van der Waals surface area contributed by atoms with E-state index in [4.69, 9.17) is 17.0 Å². The quantitative estimate of drug-likeness (QED) is 0.613. The number of amides is 2. The standard InChI is InChI=1S/C20H18N2O3S2/c1-13-7-9-15(10-8-13)21-18(23)12-22-19(24)17(27-20(22)26)11-14-5-3-4-6-16(14)25-2/h3-11H,12H2,1-2H3,(H,21,23)/b17-11-. The van der Waals surface area contributed by atoms with Crippen LogP contribution in [0.2, 0.25) is 0 Å². The highest BCUT2D eigenvalue weighted by molar-refractivity contribution is 8.26. The number of nitrogens with one attached hydrogen (secondary N) is 1. The van der Waals surface area contributed by atoms with Crippen molar-refractivity contribution in [2.45, 2.75) is 6.92 Å². The van der Waals surface area contributed by atoms with Gasteiger partial charge in [0.2, 0.25) is 5.91 Å². The molecular formula is C20H18N2O3S2. The number of ether oxygens (including phenoxy) is 1. The van der Waals surface area contributed by atoms with E-state index in [1.54, 1.807) is 13.2 Å². The summed E-state index contributed by atoms with van der Waals surface area (Å²) in [6.07, 6.45) is 1.73. The first kappa shape index (κ1) is 19.1. The number of hydrogen-bond acceptors (Lipinski definition) is 5. The molecule has 0 saturated carbocycles. The second kappa shape index (κ2) is 8.37. The maximum absolute atomic E-state index is 12.7. The molecule has 2 amide bonds. The van der Waals surface area contributed by atoms with E-state index >= 15 is 0 Å². The maximum atomic E-state index is 12.7. The molecule has 1 fully saturated rings. The minimum atomic E-state index is -0.298. The number of carbonyl (C=O) groups is 2. The van der Waals surface area contributed by atoms with Crippen molar-refractivity contribution in [1.82, 2.24) is 4.90 Å². The van der Waals surface area contributed by atoms with Gasteiger partial charge in [-0.3, -0.25) is 14.5 Å². The molecule has 3 rings (SSSR count). The monoisotopic (exact) mass is 398 g/mol. The molecule has 5 nitrogen and oxygen atoms in total. The summed E-state index contributed by atoms with van der Waals surface area (Å²) in [5, 5.41) is 2.78. The van der Waals surface area contributed by atoms with Crippen molar-refractivity contribution in [3.8, 4) is 5.75 Å². The third kappa shape index (κ3) is 4.56. The Bertz CT molecular complexity index is 923. The van der Waals surface area contributed by atoms with E-state index < -0.39 is 0 Å². The first-order valence-electron chi connectivity index (χ1n) is 8.23. The molecule has 0 aliphatic carbocycles. The lowest BCUT2D eigenvalue weighted by Gasteiger charge is -2.14. The Kier molecular flexibility index (Phi) is 5.93. The zero-order valence-electron chi connectivity index (χ0n) is 14.9. The third-order valence-corrected chi connectivity index (χ3v) is 5.31. The molecule has 0 atom stereocenters. The fraction of sp³-hybridized carbons (Fsp3) is 0.150. The van der Waals surface area contributed by atoms with Gasteiger partial charge in [0.05, 0.1) is 12.0 Å². The molecule has 1 aliphatic rings. The Balaban J connectivity index is 1.71. The number of benzene rings is 2. The largest absolute Gasteiger partial charge is 0.496 e. The Morgan fingerprint density at radius 3 is 2.63 bits per heavy atom. The number of methoxy groups -OCH3 is 1. The minimum Gasteiger partial charge on any atom is -0.496 e. The second-order valence-electron chi connectivity index (χ2n) is 5.92. The lowest BCUT2D eigenvalue weighted by Crippen LogP contribution is -2.36. The number of hydrogen-bond donors (Lipinski definition) is 1. The van der Waals surface area contributed by atoms with Crippen molar-refractivity contribution >= 4 is 51.9 Å². The summed E-state index contributed by atoms with van der Waals surface area (Å²) in [5.41, 5.74) is 2.57. The Morgan fingerprint density at radius 2 is 1.93 bits per heavy atom. The molecule has 7 heteroatoms. The third-order valence-electron chi connectivity index (χ3n) is 3.94. The van der Waals surface area contributed by atoms with Gasteiger partial charge in [0, 0.05) is 11.3 Å². The van der Waals surface area contributed by atoms with Crippen molar-refractivity contribution in [3.63, 3.8) is 0 Å². The number of nitrogens with zero attached hydrogens (tertiary/aromatic N) is 1. The van der Waals surface area contributed by atoms with E-state index in [1.165, 1.54) is 16.7 Å². The van der Waals surface area contributed by atoms with Gasteiger partial charge in [-0.05, 0) is 31.2 Å². The lowest BCUT2D eigenvalue weighted by atomic mass is 10.2. The van der Waals surface area contributed by atoms with E-state index in [2.05, 4.69) is 5.32 Å². The van der Waals surface area contributed by atoms with Gasteiger partial charge in [-0.15, -0.1) is 0 Å². The van der Waals surface area contributed by atoms with Gasteiger partial charge in [-0.25, -0.2) is 0 Å². The van der Waals surface area contributed by atoms with Crippen molar-refractivity contribution in [3.05, 3.63) is 64.6 Å². The molecule has 1 N–H and O–H groups in total. The predicted molar refractivity (Wildman–Crippen MR) is 113 cm³/mol. The molecule has 0 radical (unpaired) electrons. The Morgan fingerprint density at radius 1 is 1.22 bits per heavy atom. The smallest absolute Gasteiger partial charge is 0.266 e. The van der Waals surface area contributed by atoms with Crippen LogP contribution in [-0.4, -0.2) is 34.7 Å². The molecule has 0 bridgehead atoms. The summed E-state index contributed by atoms with van der Waals surface area (Å²) < 4.78 is 5.67. The van der Waals surface area contributed by atoms with Crippen LogP contribution in [0.4, 0.5) is 5.69 Å². The topological polar surface area (TPSA) is 58.6 Å². The molecule has 27 heavy (non-hydrogen) atoms. The lowest BCUT2D eigenvalue weighted by molar-refractivity contribution is -0.126. The van der Waals surface area contributed by atoms with Crippen LogP contribution in [0.5, 0.6) is 5.75 Å². The molecule has 2 aromatic rings. The second-order valence-corrected chi connectivity index (χ2v) is 7.60. The SMILES string of the molecule is COc1ccccc1/C=C1\SC(=S)N(CC(=O)Nc2ccc(C)cc2)C1=O. The minimum absolute atomic E-state index is 0.123. The molecular weight excluding hydrogens is 380 g/mol. The number of thioether (sulfide) groups is 1. The summed E-state index contributed by atoms with van der Waals surface area (Å²) in [6.45, 7) is 1.85. The van der Waals surface area contributed by atoms with E-state index in [0.29, 0.717) is 20.7 Å². The number of rotatable bonds is 5. The van der Waals surface area contributed by atoms with Crippen LogP contribution in [0, 0.1) is 6.92 Å². The average molecular weight is 399 g/mol. The van der Waals surface area contributed by atoms with Crippen LogP contribution in [0.15, 0.2) is 53.4 Å². The first-order valence-corrected chi connectivity index (χ1v) is 9.45. The highest BCUT2D eigenvalue weighted by atomic mass is 32.2. The fourth-order valence-corrected chi connectivity index (χ4v) is 3.79. The molecule has 138 valence electrons. The van der Waals surface area contributed by atoms with Crippen LogP contribution in [0.25, 0.3) is 6.08 Å². The van der Waals surface area contributed by atoms with E-state index in [-0.39, 0.29) is 18.4 Å². The highest BCUT2D eigenvalue weighted by Crippen LogP contribution is 2.34. The molecule has 1 heterocycles. The van der Waals surface area contributed by atoms with E-state index in [0.717, 1.165) is 11.1 Å². The Labute approximate surface area is 167 Å². The van der Waals surface area contributed by atoms with E-state index in [1.807, 2.05) is 55.5 Å². The predicted octanol–water partition coefficient (Wildman–Crippen LogP) is 3.84. The van der Waals surface area contributed by atoms with Gasteiger partial charge in [0.15, 0.2) is 0 Å². The first-order chi connectivity index (χ1) is 13.0. The van der Waals surface area contributed by atoms with Crippen molar-refractivity contribution in [2.24, 2.45) is 0 Å².